The summed E-state index contributed by atoms with van der Waals surface area (Å²) in [7, 11) is -4.17. The summed E-state index contributed by atoms with van der Waals surface area (Å²) in [6, 6.07) is 7.23. The second-order valence-electron chi connectivity index (χ2n) is 3.15. The van der Waals surface area contributed by atoms with E-state index in [-0.39, 0.29) is 9.96 Å². The van der Waals surface area contributed by atoms with Crippen molar-refractivity contribution in [1.29, 1.82) is 0 Å². The third-order valence-electron chi connectivity index (χ3n) is 1.97. The van der Waals surface area contributed by atoms with Crippen LogP contribution < -0.4 is 0 Å². The number of hydroxylamine groups is 2. The van der Waals surface area contributed by atoms with Gasteiger partial charge in [-0.3, -0.25) is 9.59 Å². The van der Waals surface area contributed by atoms with Crippen molar-refractivity contribution in [2.45, 2.75) is 4.90 Å². The van der Waals surface area contributed by atoms with Crippen LogP contribution in [-0.4, -0.2) is 25.3 Å². The summed E-state index contributed by atoms with van der Waals surface area (Å²) >= 11 is 0. The molecule has 88 valence electrons. The van der Waals surface area contributed by atoms with Crippen LogP contribution in [0.2, 0.25) is 0 Å². The number of carbonyl (C=O) groups excluding carboxylic acids is 2. The zero-order valence-electron chi connectivity index (χ0n) is 8.44. The fraction of sp³-hybridized carbons (Fsp3) is 0. The predicted octanol–water partition coefficient (Wildman–Crippen LogP) is 0.232. The molecule has 1 aromatic carbocycles. The largest absolute Gasteiger partial charge is 0.318 e. The molecule has 2 amide bonds. The molecule has 0 atom stereocenters. The molecule has 0 saturated heterocycles. The van der Waals surface area contributed by atoms with E-state index in [4.69, 9.17) is 0 Å². The molecular formula is C10H7NO5S. The Labute approximate surface area is 97.2 Å². The van der Waals surface area contributed by atoms with Gasteiger partial charge in [-0.15, -0.1) is 9.35 Å². The van der Waals surface area contributed by atoms with Gasteiger partial charge >= 0.3 is 10.1 Å². The van der Waals surface area contributed by atoms with Crippen LogP contribution in [0.15, 0.2) is 47.4 Å². The van der Waals surface area contributed by atoms with Crippen molar-refractivity contribution in [1.82, 2.24) is 5.06 Å². The Morgan fingerprint density at radius 2 is 1.47 bits per heavy atom. The van der Waals surface area contributed by atoms with Crippen LogP contribution in [0.1, 0.15) is 0 Å². The number of imide groups is 1. The third kappa shape index (κ3) is 2.24. The number of amides is 2. The van der Waals surface area contributed by atoms with Crippen molar-refractivity contribution in [3.05, 3.63) is 42.5 Å². The van der Waals surface area contributed by atoms with Gasteiger partial charge in [0.1, 0.15) is 0 Å². The van der Waals surface area contributed by atoms with Gasteiger partial charge in [0.2, 0.25) is 0 Å². The van der Waals surface area contributed by atoms with Crippen LogP contribution in [0.25, 0.3) is 0 Å². The molecular weight excluding hydrogens is 246 g/mol. The van der Waals surface area contributed by atoms with Gasteiger partial charge in [-0.1, -0.05) is 18.2 Å². The van der Waals surface area contributed by atoms with Crippen molar-refractivity contribution >= 4 is 21.9 Å². The van der Waals surface area contributed by atoms with E-state index in [9.17, 15) is 18.0 Å². The van der Waals surface area contributed by atoms with Gasteiger partial charge in [0.05, 0.1) is 4.90 Å². The van der Waals surface area contributed by atoms with Crippen LogP contribution >= 0.6 is 0 Å². The van der Waals surface area contributed by atoms with Crippen LogP contribution in [0.3, 0.4) is 0 Å². The highest BCUT2D eigenvalue weighted by Gasteiger charge is 2.31. The second-order valence-corrected chi connectivity index (χ2v) is 4.67. The molecule has 2 rings (SSSR count). The first-order valence-corrected chi connectivity index (χ1v) is 5.97. The lowest BCUT2D eigenvalue weighted by Crippen LogP contribution is -2.32. The van der Waals surface area contributed by atoms with Gasteiger partial charge in [-0.2, -0.15) is 8.42 Å². The predicted molar refractivity (Wildman–Crippen MR) is 55.7 cm³/mol. The van der Waals surface area contributed by atoms with Crippen molar-refractivity contribution in [3.63, 3.8) is 0 Å². The SMILES string of the molecule is O=C1C=CC(=O)N1OS(=O)(=O)c1ccccc1. The molecule has 0 spiro atoms. The monoisotopic (exact) mass is 253 g/mol. The zero-order chi connectivity index (χ0) is 12.5. The topological polar surface area (TPSA) is 80.8 Å². The van der Waals surface area contributed by atoms with Gasteiger partial charge < -0.3 is 0 Å². The molecule has 7 heteroatoms. The molecule has 6 nitrogen and oxygen atoms in total. The number of rotatable bonds is 3. The Hall–Kier alpha value is -1.99. The van der Waals surface area contributed by atoms with E-state index in [0.29, 0.717) is 0 Å². The van der Waals surface area contributed by atoms with Crippen molar-refractivity contribution in [2.24, 2.45) is 0 Å². The summed E-state index contributed by atoms with van der Waals surface area (Å²) in [5, 5.41) is 0.197. The average Bonchev–Trinajstić information content (AvgIpc) is 2.62. The highest BCUT2D eigenvalue weighted by molar-refractivity contribution is 7.86. The highest BCUT2D eigenvalue weighted by Crippen LogP contribution is 2.15. The Balaban J connectivity index is 2.25. The van der Waals surface area contributed by atoms with E-state index in [1.165, 1.54) is 24.3 Å². The number of benzene rings is 1. The Morgan fingerprint density at radius 3 is 2.00 bits per heavy atom. The third-order valence-corrected chi connectivity index (χ3v) is 3.17. The smallest absolute Gasteiger partial charge is 0.267 e. The molecule has 0 saturated carbocycles. The first-order chi connectivity index (χ1) is 8.00. The Morgan fingerprint density at radius 1 is 0.941 bits per heavy atom. The molecule has 1 aliphatic heterocycles. The average molecular weight is 253 g/mol. The zero-order valence-corrected chi connectivity index (χ0v) is 9.25. The minimum atomic E-state index is -4.17. The summed E-state index contributed by atoms with van der Waals surface area (Å²) in [5.74, 6) is -1.65. The van der Waals surface area contributed by atoms with E-state index in [1.54, 1.807) is 6.07 Å². The van der Waals surface area contributed by atoms with Gasteiger partial charge in [0, 0.05) is 12.2 Å². The van der Waals surface area contributed by atoms with Crippen molar-refractivity contribution in [3.8, 4) is 0 Å². The van der Waals surface area contributed by atoms with Crippen LogP contribution in [0.4, 0.5) is 0 Å². The summed E-state index contributed by atoms with van der Waals surface area (Å²) in [5.41, 5.74) is 0. The molecule has 1 heterocycles. The van der Waals surface area contributed by atoms with Crippen LogP contribution in [-0.2, 0) is 24.0 Å². The standard InChI is InChI=1S/C10H7NO5S/c12-9-6-7-10(13)11(9)16-17(14,15)8-4-2-1-3-5-8/h1-7H. The molecule has 0 bridgehead atoms. The Bertz CT molecular complexity index is 572. The van der Waals surface area contributed by atoms with Crippen molar-refractivity contribution in [2.75, 3.05) is 0 Å². The quantitative estimate of drug-likeness (QED) is 0.720. The summed E-state index contributed by atoms with van der Waals surface area (Å²) in [6.45, 7) is 0. The van der Waals surface area contributed by atoms with E-state index in [1.807, 2.05) is 0 Å². The lowest BCUT2D eigenvalue weighted by molar-refractivity contribution is -0.161. The van der Waals surface area contributed by atoms with Gasteiger partial charge in [0.15, 0.2) is 0 Å². The molecule has 1 aliphatic rings. The van der Waals surface area contributed by atoms with Gasteiger partial charge in [-0.25, -0.2) is 0 Å². The summed E-state index contributed by atoms with van der Waals surface area (Å²) < 4.78 is 27.8. The number of hydrogen-bond donors (Lipinski definition) is 0. The lowest BCUT2D eigenvalue weighted by atomic mass is 10.4. The summed E-state index contributed by atoms with van der Waals surface area (Å²) in [6.07, 6.45) is 1.87. The van der Waals surface area contributed by atoms with Gasteiger partial charge in [0.25, 0.3) is 11.8 Å². The maximum absolute atomic E-state index is 11.7. The highest BCUT2D eigenvalue weighted by atomic mass is 32.2. The van der Waals surface area contributed by atoms with Crippen LogP contribution in [0, 0.1) is 0 Å². The molecule has 0 unspecified atom stereocenters. The first kappa shape index (κ1) is 11.5. The van der Waals surface area contributed by atoms with E-state index < -0.39 is 21.9 Å². The second kappa shape index (κ2) is 4.11. The molecule has 17 heavy (non-hydrogen) atoms. The molecule has 1 aromatic rings. The number of hydrogen-bond acceptors (Lipinski definition) is 5. The molecule has 0 N–H and O–H groups in total. The van der Waals surface area contributed by atoms with Gasteiger partial charge in [-0.05, 0) is 12.1 Å². The van der Waals surface area contributed by atoms with Crippen LogP contribution in [0.5, 0.6) is 0 Å². The fourth-order valence-electron chi connectivity index (χ4n) is 1.19. The molecule has 0 radical (unpaired) electrons. The van der Waals surface area contributed by atoms with E-state index in [0.717, 1.165) is 12.2 Å². The van der Waals surface area contributed by atoms with E-state index in [2.05, 4.69) is 4.28 Å². The number of nitrogens with zero attached hydrogens (tertiary/aromatic N) is 1. The number of carbonyl (C=O) groups is 2. The molecule has 0 fully saturated rings. The lowest BCUT2D eigenvalue weighted by Gasteiger charge is -2.12. The molecule has 0 aliphatic carbocycles. The Kier molecular flexibility index (Phi) is 2.78. The minimum Gasteiger partial charge on any atom is -0.267 e. The van der Waals surface area contributed by atoms with E-state index >= 15 is 0 Å². The molecule has 0 aromatic heterocycles. The maximum Gasteiger partial charge on any atom is 0.318 e. The minimum absolute atomic E-state index is 0.132. The summed E-state index contributed by atoms with van der Waals surface area (Å²) in [4.78, 5) is 22.1. The first-order valence-electron chi connectivity index (χ1n) is 4.56. The fourth-order valence-corrected chi connectivity index (χ4v) is 2.11. The maximum atomic E-state index is 11.7. The van der Waals surface area contributed by atoms with Crippen molar-refractivity contribution < 1.29 is 22.3 Å². The normalized spacial score (nSPS) is 15.6.